The fourth-order valence-electron chi connectivity index (χ4n) is 2.30. The Hall–Kier alpha value is -1.58. The van der Waals surface area contributed by atoms with Gasteiger partial charge in [-0.15, -0.1) is 0 Å². The van der Waals surface area contributed by atoms with Crippen molar-refractivity contribution < 1.29 is 4.79 Å². The average molecular weight is 247 g/mol. The van der Waals surface area contributed by atoms with Gasteiger partial charge in [0.1, 0.15) is 5.82 Å². The number of hydrogen-bond donors (Lipinski definition) is 1. The summed E-state index contributed by atoms with van der Waals surface area (Å²) in [5, 5.41) is 3.14. The minimum absolute atomic E-state index is 0.137. The minimum atomic E-state index is 0.137. The molecule has 4 nitrogen and oxygen atoms in total. The molecule has 1 N–H and O–H groups in total. The number of carbonyl (C=O) groups excluding carboxylic acids is 1. The van der Waals surface area contributed by atoms with Gasteiger partial charge < -0.3 is 10.2 Å². The van der Waals surface area contributed by atoms with Gasteiger partial charge in [-0.1, -0.05) is 12.8 Å². The fourth-order valence-corrected chi connectivity index (χ4v) is 2.30. The molecule has 0 atom stereocenters. The summed E-state index contributed by atoms with van der Waals surface area (Å²) in [4.78, 5) is 18.5. The lowest BCUT2D eigenvalue weighted by Gasteiger charge is -2.20. The van der Waals surface area contributed by atoms with Crippen molar-refractivity contribution in [1.82, 2.24) is 9.88 Å². The lowest BCUT2D eigenvalue weighted by molar-refractivity contribution is 0.0761. The van der Waals surface area contributed by atoms with E-state index in [-0.39, 0.29) is 5.91 Å². The number of nitrogens with zero attached hydrogens (tertiary/aromatic N) is 2. The van der Waals surface area contributed by atoms with E-state index in [0.29, 0.717) is 0 Å². The number of carbonyl (C=O) groups is 1. The van der Waals surface area contributed by atoms with Gasteiger partial charge in [-0.2, -0.15) is 0 Å². The van der Waals surface area contributed by atoms with Crippen LogP contribution in [0.5, 0.6) is 0 Å². The molecular formula is C14H21N3O. The van der Waals surface area contributed by atoms with Gasteiger partial charge in [0.2, 0.25) is 0 Å². The van der Waals surface area contributed by atoms with Crippen LogP contribution in [0.4, 0.5) is 5.82 Å². The average Bonchev–Trinajstić information content (AvgIpc) is 2.67. The highest BCUT2D eigenvalue weighted by atomic mass is 16.2. The molecule has 1 saturated heterocycles. The van der Waals surface area contributed by atoms with Gasteiger partial charge in [-0.3, -0.25) is 4.79 Å². The van der Waals surface area contributed by atoms with Gasteiger partial charge in [0.15, 0.2) is 0 Å². The molecule has 2 heterocycles. The topological polar surface area (TPSA) is 45.2 Å². The number of nitrogens with one attached hydrogen (secondary N) is 1. The quantitative estimate of drug-likeness (QED) is 0.892. The largest absolute Gasteiger partial charge is 0.370 e. The van der Waals surface area contributed by atoms with Crippen molar-refractivity contribution in [2.45, 2.75) is 32.6 Å². The molecule has 1 aliphatic heterocycles. The second-order valence-electron chi connectivity index (χ2n) is 4.67. The number of rotatable bonds is 3. The Kier molecular flexibility index (Phi) is 4.56. The third kappa shape index (κ3) is 3.22. The summed E-state index contributed by atoms with van der Waals surface area (Å²) < 4.78 is 0. The molecule has 1 fully saturated rings. The van der Waals surface area contributed by atoms with Crippen molar-refractivity contribution in [3.05, 3.63) is 23.9 Å². The second-order valence-corrected chi connectivity index (χ2v) is 4.67. The van der Waals surface area contributed by atoms with Crippen molar-refractivity contribution in [3.63, 3.8) is 0 Å². The summed E-state index contributed by atoms with van der Waals surface area (Å²) in [7, 11) is 0. The molecule has 0 aromatic carbocycles. The molecule has 1 aliphatic rings. The van der Waals surface area contributed by atoms with Crippen LogP contribution in [-0.2, 0) is 0 Å². The molecule has 4 heteroatoms. The van der Waals surface area contributed by atoms with Gasteiger partial charge in [-0.25, -0.2) is 4.98 Å². The summed E-state index contributed by atoms with van der Waals surface area (Å²) in [5.74, 6) is 0.914. The zero-order valence-electron chi connectivity index (χ0n) is 11.0. The molecule has 0 aliphatic carbocycles. The molecule has 0 spiro atoms. The molecule has 0 saturated carbocycles. The zero-order chi connectivity index (χ0) is 12.8. The van der Waals surface area contributed by atoms with E-state index in [1.54, 1.807) is 12.3 Å². The van der Waals surface area contributed by atoms with E-state index < -0.39 is 0 Å². The first-order valence-corrected chi connectivity index (χ1v) is 6.80. The monoisotopic (exact) mass is 247 g/mol. The number of anilines is 1. The molecule has 1 amide bonds. The summed E-state index contributed by atoms with van der Waals surface area (Å²) >= 11 is 0. The maximum Gasteiger partial charge on any atom is 0.254 e. The van der Waals surface area contributed by atoms with Gasteiger partial charge in [0.25, 0.3) is 5.91 Å². The van der Waals surface area contributed by atoms with Crippen LogP contribution in [0.2, 0.25) is 0 Å². The molecule has 1 aromatic rings. The molecule has 0 bridgehead atoms. The number of aromatic nitrogens is 1. The summed E-state index contributed by atoms with van der Waals surface area (Å²) in [6.07, 6.45) is 6.42. The highest BCUT2D eigenvalue weighted by Gasteiger charge is 2.17. The summed E-state index contributed by atoms with van der Waals surface area (Å²) in [6.45, 7) is 4.61. The van der Waals surface area contributed by atoms with Crippen molar-refractivity contribution in [3.8, 4) is 0 Å². The van der Waals surface area contributed by atoms with Crippen molar-refractivity contribution in [2.75, 3.05) is 25.0 Å². The van der Waals surface area contributed by atoms with Crippen LogP contribution >= 0.6 is 0 Å². The lowest BCUT2D eigenvalue weighted by atomic mass is 10.2. The highest BCUT2D eigenvalue weighted by Crippen LogP contribution is 2.14. The number of hydrogen-bond acceptors (Lipinski definition) is 3. The lowest BCUT2D eigenvalue weighted by Crippen LogP contribution is -2.31. The van der Waals surface area contributed by atoms with Crippen molar-refractivity contribution in [1.29, 1.82) is 0 Å². The van der Waals surface area contributed by atoms with Gasteiger partial charge in [0, 0.05) is 31.4 Å². The van der Waals surface area contributed by atoms with E-state index in [9.17, 15) is 4.79 Å². The Labute approximate surface area is 108 Å². The number of pyridine rings is 1. The number of amides is 1. The number of likely N-dealkylation sites (tertiary alicyclic amines) is 1. The Morgan fingerprint density at radius 1 is 1.33 bits per heavy atom. The minimum Gasteiger partial charge on any atom is -0.370 e. The van der Waals surface area contributed by atoms with E-state index >= 15 is 0 Å². The van der Waals surface area contributed by atoms with Gasteiger partial charge in [0.05, 0.1) is 0 Å². The predicted molar refractivity (Wildman–Crippen MR) is 72.8 cm³/mol. The van der Waals surface area contributed by atoms with E-state index in [4.69, 9.17) is 0 Å². The Bertz CT molecular complexity index is 398. The van der Waals surface area contributed by atoms with Crippen molar-refractivity contribution >= 4 is 11.7 Å². The van der Waals surface area contributed by atoms with Crippen LogP contribution in [0.25, 0.3) is 0 Å². The zero-order valence-corrected chi connectivity index (χ0v) is 11.0. The molecule has 0 unspecified atom stereocenters. The first-order valence-electron chi connectivity index (χ1n) is 6.80. The van der Waals surface area contributed by atoms with Gasteiger partial charge >= 0.3 is 0 Å². The maximum absolute atomic E-state index is 12.4. The van der Waals surface area contributed by atoms with E-state index in [1.807, 2.05) is 17.9 Å². The first kappa shape index (κ1) is 12.9. The third-order valence-corrected chi connectivity index (χ3v) is 3.26. The van der Waals surface area contributed by atoms with Gasteiger partial charge in [-0.05, 0) is 31.9 Å². The Balaban J connectivity index is 2.09. The van der Waals surface area contributed by atoms with E-state index in [0.717, 1.165) is 43.9 Å². The first-order chi connectivity index (χ1) is 8.81. The molecule has 18 heavy (non-hydrogen) atoms. The normalized spacial score (nSPS) is 16.2. The van der Waals surface area contributed by atoms with Crippen LogP contribution in [-0.4, -0.2) is 35.4 Å². The molecule has 0 radical (unpaired) electrons. The van der Waals surface area contributed by atoms with E-state index in [1.165, 1.54) is 12.8 Å². The molecular weight excluding hydrogens is 226 g/mol. The Morgan fingerprint density at radius 3 is 2.72 bits per heavy atom. The van der Waals surface area contributed by atoms with Crippen LogP contribution in [0, 0.1) is 0 Å². The van der Waals surface area contributed by atoms with Crippen LogP contribution in [0.15, 0.2) is 18.3 Å². The smallest absolute Gasteiger partial charge is 0.254 e. The highest BCUT2D eigenvalue weighted by molar-refractivity contribution is 5.94. The predicted octanol–water partition coefficient (Wildman–Crippen LogP) is 2.53. The van der Waals surface area contributed by atoms with Crippen LogP contribution < -0.4 is 5.32 Å². The molecule has 1 aromatic heterocycles. The van der Waals surface area contributed by atoms with Crippen molar-refractivity contribution in [2.24, 2.45) is 0 Å². The molecule has 2 rings (SSSR count). The fraction of sp³-hybridized carbons (Fsp3) is 0.571. The van der Waals surface area contributed by atoms with Crippen LogP contribution in [0.1, 0.15) is 43.0 Å². The summed E-state index contributed by atoms with van der Waals surface area (Å²) in [5.41, 5.74) is 0.739. The molecule has 98 valence electrons. The second kappa shape index (κ2) is 6.38. The SMILES string of the molecule is CCNc1cc(C(=O)N2CCCCCC2)ccn1. The standard InChI is InChI=1S/C14H21N3O/c1-2-15-13-11-12(7-8-16-13)14(18)17-9-5-3-4-6-10-17/h7-8,11H,2-6,9-10H2,1H3,(H,15,16). The van der Waals surface area contributed by atoms with E-state index in [2.05, 4.69) is 10.3 Å². The Morgan fingerprint density at radius 2 is 2.06 bits per heavy atom. The third-order valence-electron chi connectivity index (χ3n) is 3.26. The maximum atomic E-state index is 12.4. The summed E-state index contributed by atoms with van der Waals surface area (Å²) in [6, 6.07) is 3.64. The van der Waals surface area contributed by atoms with Crippen LogP contribution in [0.3, 0.4) is 0 Å².